The van der Waals surface area contributed by atoms with E-state index < -0.39 is 36.7 Å². The Morgan fingerprint density at radius 2 is 2.43 bits per heavy atom. The highest BCUT2D eigenvalue weighted by Gasteiger charge is 2.37. The van der Waals surface area contributed by atoms with Crippen LogP contribution in [0.4, 0.5) is 0 Å². The summed E-state index contributed by atoms with van der Waals surface area (Å²) in [5, 5.41) is 18.5. The maximum atomic E-state index is 11.3. The first kappa shape index (κ1) is 7.76. The second-order valence-corrected chi connectivity index (χ2v) is 3.50. The van der Waals surface area contributed by atoms with Crippen LogP contribution in [0.15, 0.2) is 0 Å². The number of hydrogen-bond donors (Lipinski definition) is 2. The van der Waals surface area contributed by atoms with Crippen LogP contribution in [0.25, 0.3) is 0 Å². The van der Waals surface area contributed by atoms with Gasteiger partial charge in [-0.1, -0.05) is 0 Å². The lowest BCUT2D eigenvalue weighted by Gasteiger charge is -2.19. The van der Waals surface area contributed by atoms with Gasteiger partial charge in [-0.25, -0.2) is 0 Å². The second kappa shape index (κ2) is 4.35. The van der Waals surface area contributed by atoms with Crippen LogP contribution in [0, 0.1) is 0 Å². The van der Waals surface area contributed by atoms with Gasteiger partial charge in [0.2, 0.25) is 0 Å². The number of carbonyl (C=O) groups is 1. The van der Waals surface area contributed by atoms with Crippen LogP contribution in [-0.2, 0) is 14.3 Å². The molecule has 0 saturated carbocycles. The highest BCUT2D eigenvalue weighted by Crippen LogP contribution is 2.25. The number of hydrogen-bond acceptors (Lipinski definition) is 5. The van der Waals surface area contributed by atoms with Crippen LogP contribution in [0.3, 0.4) is 0 Å². The first-order valence-corrected chi connectivity index (χ1v) is 4.23. The molecule has 1 saturated heterocycles. The minimum absolute atomic E-state index is 0.00521. The van der Waals surface area contributed by atoms with Crippen LogP contribution in [0.2, 0.25) is 0 Å². The fourth-order valence-corrected chi connectivity index (χ4v) is 1.18. The van der Waals surface area contributed by atoms with Gasteiger partial charge in [-0.05, 0) is 13.8 Å². The molecule has 0 aromatic rings. The summed E-state index contributed by atoms with van der Waals surface area (Å²) in [5.41, 5.74) is 0. The fourth-order valence-electron chi connectivity index (χ4n) is 1.18. The van der Waals surface area contributed by atoms with Crippen LogP contribution in [0.5, 0.6) is 0 Å². The predicted octanol–water partition coefficient (Wildman–Crippen LogP) is -0.550. The summed E-state index contributed by atoms with van der Waals surface area (Å²) in [7, 11) is 0. The van der Waals surface area contributed by atoms with Crippen LogP contribution in [0.1, 0.15) is 24.4 Å². The summed E-state index contributed by atoms with van der Waals surface area (Å²) in [6.45, 7) is 0.102. The number of aliphatic hydroxyl groups excluding tert-OH is 1. The van der Waals surface area contributed by atoms with E-state index in [0.29, 0.717) is 0 Å². The molecule has 5 nitrogen and oxygen atoms in total. The average molecular weight is 207 g/mol. The Bertz CT molecular complexity index is 301. The highest BCUT2D eigenvalue weighted by molar-refractivity contribution is 5.79. The molecule has 0 radical (unpaired) electrons. The van der Waals surface area contributed by atoms with Gasteiger partial charge in [-0.2, -0.15) is 0 Å². The number of carbonyl (C=O) groups excluding carboxylic acids is 1. The predicted molar refractivity (Wildman–Crippen MR) is 47.6 cm³/mol. The summed E-state index contributed by atoms with van der Waals surface area (Å²) < 4.78 is 31.4. The Balaban J connectivity index is 2.65. The molecule has 0 spiro atoms. The van der Waals surface area contributed by atoms with Crippen molar-refractivity contribution >= 4 is 5.78 Å². The molecule has 1 aliphatic rings. The lowest BCUT2D eigenvalue weighted by Crippen LogP contribution is -2.33. The van der Waals surface area contributed by atoms with Gasteiger partial charge >= 0.3 is 0 Å². The number of ether oxygens (including phenoxy) is 2. The van der Waals surface area contributed by atoms with Crippen molar-refractivity contribution in [3.05, 3.63) is 0 Å². The standard InChI is InChI=1S/C9H16O5/c1-9(2)13-5-8(14-9)7(12)3-6(11)4-10/h7-8,10,12H,3-5H2,1-2H3/t7?,8-/m0/s1/i3D,4D2/t3?,7?,8-. The van der Waals surface area contributed by atoms with Crippen molar-refractivity contribution in [3.8, 4) is 0 Å². The molecule has 5 heteroatoms. The van der Waals surface area contributed by atoms with E-state index in [0.717, 1.165) is 0 Å². The number of Topliss-reactive ketones (excluding diaryl/α,β-unsaturated/α-hetero) is 1. The molecule has 1 rings (SSSR count). The molecule has 0 aliphatic carbocycles. The average Bonchev–Trinajstić information content (AvgIpc) is 2.54. The Labute approximate surface area is 86.8 Å². The largest absolute Gasteiger partial charge is 0.390 e. The zero-order chi connectivity index (χ0) is 13.4. The van der Waals surface area contributed by atoms with Gasteiger partial charge in [0.1, 0.15) is 12.7 Å². The van der Waals surface area contributed by atoms with Crippen molar-refractivity contribution in [1.82, 2.24) is 0 Å². The van der Waals surface area contributed by atoms with Gasteiger partial charge in [-0.15, -0.1) is 0 Å². The van der Waals surface area contributed by atoms with Gasteiger partial charge < -0.3 is 19.7 Å². The molecule has 0 aromatic heterocycles. The summed E-state index contributed by atoms with van der Waals surface area (Å²) >= 11 is 0. The SMILES string of the molecule is [2H]C(C(=O)C([2H])([2H])O)C(O)[C@@H]1COC(C)(C)O1. The molecule has 82 valence electrons. The lowest BCUT2D eigenvalue weighted by molar-refractivity contribution is -0.153. The maximum Gasteiger partial charge on any atom is 0.163 e. The van der Waals surface area contributed by atoms with Crippen molar-refractivity contribution in [2.45, 2.75) is 38.2 Å². The molecule has 2 unspecified atom stereocenters. The van der Waals surface area contributed by atoms with E-state index in [1.165, 1.54) is 0 Å². The van der Waals surface area contributed by atoms with Crippen molar-refractivity contribution in [1.29, 1.82) is 0 Å². The third kappa shape index (κ3) is 3.02. The Kier molecular flexibility index (Phi) is 2.41. The zero-order valence-electron chi connectivity index (χ0n) is 11.1. The highest BCUT2D eigenvalue weighted by atomic mass is 16.7. The minimum Gasteiger partial charge on any atom is -0.390 e. The van der Waals surface area contributed by atoms with E-state index >= 15 is 0 Å². The van der Waals surface area contributed by atoms with E-state index in [1.807, 2.05) is 0 Å². The molecule has 3 atom stereocenters. The van der Waals surface area contributed by atoms with E-state index in [4.69, 9.17) is 18.7 Å². The van der Waals surface area contributed by atoms with Crippen LogP contribution in [-0.4, -0.2) is 47.2 Å². The fraction of sp³-hybridized carbons (Fsp3) is 0.889. The van der Waals surface area contributed by atoms with Crippen molar-refractivity contribution < 1.29 is 28.6 Å². The molecule has 2 N–H and O–H groups in total. The van der Waals surface area contributed by atoms with Crippen LogP contribution >= 0.6 is 0 Å². The molecule has 1 heterocycles. The third-order valence-corrected chi connectivity index (χ3v) is 1.84. The molecular formula is C9H16O5. The van der Waals surface area contributed by atoms with E-state index in [-0.39, 0.29) is 6.61 Å². The molecule has 0 aromatic carbocycles. The van der Waals surface area contributed by atoms with Gasteiger partial charge in [-0.3, -0.25) is 4.79 Å². The first-order valence-electron chi connectivity index (χ1n) is 5.81. The quantitative estimate of drug-likeness (QED) is 0.647. The maximum absolute atomic E-state index is 11.3. The van der Waals surface area contributed by atoms with Crippen molar-refractivity contribution in [2.24, 2.45) is 0 Å². The number of rotatable bonds is 4. The molecule has 1 aliphatic heterocycles. The summed E-state index contributed by atoms with van der Waals surface area (Å²) in [5.74, 6) is -2.31. The Morgan fingerprint density at radius 3 is 2.86 bits per heavy atom. The lowest BCUT2D eigenvalue weighted by atomic mass is 10.1. The van der Waals surface area contributed by atoms with E-state index in [1.54, 1.807) is 13.8 Å². The Morgan fingerprint density at radius 1 is 1.79 bits per heavy atom. The van der Waals surface area contributed by atoms with Gasteiger partial charge in [0.15, 0.2) is 11.6 Å². The van der Waals surface area contributed by atoms with E-state index in [2.05, 4.69) is 0 Å². The molecule has 1 fully saturated rings. The normalized spacial score (nSPS) is 34.0. The third-order valence-electron chi connectivity index (χ3n) is 1.84. The van der Waals surface area contributed by atoms with Crippen LogP contribution < -0.4 is 0 Å². The summed E-state index contributed by atoms with van der Waals surface area (Å²) in [4.78, 5) is 11.3. The number of aliphatic hydroxyl groups is 2. The topological polar surface area (TPSA) is 76.0 Å². The Hall–Kier alpha value is -0.490. The zero-order valence-corrected chi connectivity index (χ0v) is 8.06. The summed E-state index contributed by atoms with van der Waals surface area (Å²) in [6.07, 6.45) is -4.26. The minimum atomic E-state index is -3.14. The van der Waals surface area contributed by atoms with Gasteiger partial charge in [0.25, 0.3) is 0 Å². The van der Waals surface area contributed by atoms with E-state index in [9.17, 15) is 9.90 Å². The molecule has 14 heavy (non-hydrogen) atoms. The molecular weight excluding hydrogens is 188 g/mol. The van der Waals surface area contributed by atoms with Crippen molar-refractivity contribution in [2.75, 3.05) is 13.2 Å². The second-order valence-electron chi connectivity index (χ2n) is 3.50. The number of ketones is 1. The smallest absolute Gasteiger partial charge is 0.163 e. The monoisotopic (exact) mass is 207 g/mol. The van der Waals surface area contributed by atoms with Crippen molar-refractivity contribution in [3.63, 3.8) is 0 Å². The summed E-state index contributed by atoms with van der Waals surface area (Å²) in [6, 6.07) is 0. The van der Waals surface area contributed by atoms with Gasteiger partial charge in [0.05, 0.1) is 15.5 Å². The first-order chi connectivity index (χ1) is 7.54. The molecule has 0 amide bonds. The van der Waals surface area contributed by atoms with Gasteiger partial charge in [0, 0.05) is 7.77 Å². The molecule has 0 bridgehead atoms.